The maximum atomic E-state index is 12.6. The monoisotopic (exact) mass is 466 g/mol. The van der Waals surface area contributed by atoms with Gasteiger partial charge in [-0.2, -0.15) is 0 Å². The summed E-state index contributed by atoms with van der Waals surface area (Å²) in [5.74, 6) is -1.35. The van der Waals surface area contributed by atoms with Crippen molar-refractivity contribution in [2.45, 2.75) is 65.0 Å². The van der Waals surface area contributed by atoms with Gasteiger partial charge in [-0.25, -0.2) is 4.79 Å². The highest BCUT2D eigenvalue weighted by atomic mass is 16.5. The molecule has 0 saturated carbocycles. The van der Waals surface area contributed by atoms with E-state index in [4.69, 9.17) is 9.84 Å². The molecule has 0 spiro atoms. The molecule has 3 rings (SSSR count). The van der Waals surface area contributed by atoms with Gasteiger partial charge in [0.05, 0.1) is 6.42 Å². The second-order valence-corrected chi connectivity index (χ2v) is 10.6. The predicted octanol–water partition coefficient (Wildman–Crippen LogP) is 4.70. The van der Waals surface area contributed by atoms with Crippen molar-refractivity contribution in [3.05, 3.63) is 59.7 Å². The molecule has 1 aliphatic rings. The van der Waals surface area contributed by atoms with E-state index in [2.05, 4.69) is 34.9 Å². The first-order chi connectivity index (χ1) is 15.9. The average molecular weight is 467 g/mol. The fourth-order valence-corrected chi connectivity index (χ4v) is 4.35. The number of ether oxygens (including phenoxy) is 1. The third kappa shape index (κ3) is 6.16. The number of fused-ring (bicyclic) bond motifs is 3. The highest BCUT2D eigenvalue weighted by molar-refractivity contribution is 5.80. The lowest BCUT2D eigenvalue weighted by Gasteiger charge is -2.32. The molecule has 1 atom stereocenters. The van der Waals surface area contributed by atoms with Gasteiger partial charge in [-0.1, -0.05) is 69.3 Å². The van der Waals surface area contributed by atoms with Crippen molar-refractivity contribution in [3.8, 4) is 11.1 Å². The number of carbonyl (C=O) groups excluding carboxylic acids is 2. The van der Waals surface area contributed by atoms with Crippen LogP contribution in [0.3, 0.4) is 0 Å². The molecule has 1 unspecified atom stereocenters. The first-order valence-electron chi connectivity index (χ1n) is 11.5. The Morgan fingerprint density at radius 1 is 0.941 bits per heavy atom. The van der Waals surface area contributed by atoms with Gasteiger partial charge < -0.3 is 20.5 Å². The number of rotatable bonds is 8. The number of aliphatic carboxylic acids is 1. The Morgan fingerprint density at radius 3 is 1.97 bits per heavy atom. The summed E-state index contributed by atoms with van der Waals surface area (Å²) in [6.07, 6.45) is -0.781. The number of carbonyl (C=O) groups is 3. The van der Waals surface area contributed by atoms with Gasteiger partial charge in [-0.15, -0.1) is 0 Å². The number of hydrogen-bond acceptors (Lipinski definition) is 4. The Bertz CT molecular complexity index is 1030. The van der Waals surface area contributed by atoms with Gasteiger partial charge in [-0.05, 0) is 41.5 Å². The van der Waals surface area contributed by atoms with Crippen molar-refractivity contribution in [1.82, 2.24) is 10.6 Å². The van der Waals surface area contributed by atoms with E-state index in [1.54, 1.807) is 13.8 Å². The fraction of sp³-hybridized carbons (Fsp3) is 0.444. The van der Waals surface area contributed by atoms with Crippen LogP contribution in [0.1, 0.15) is 64.5 Å². The molecule has 182 valence electrons. The van der Waals surface area contributed by atoms with Crippen LogP contribution < -0.4 is 10.6 Å². The summed E-state index contributed by atoms with van der Waals surface area (Å²) in [5.41, 5.74) is 3.26. The summed E-state index contributed by atoms with van der Waals surface area (Å²) >= 11 is 0. The van der Waals surface area contributed by atoms with E-state index >= 15 is 0 Å². The summed E-state index contributed by atoms with van der Waals surface area (Å²) in [7, 11) is 0. The van der Waals surface area contributed by atoms with E-state index in [0.717, 1.165) is 22.3 Å². The summed E-state index contributed by atoms with van der Waals surface area (Å²) in [6.45, 7) is 9.28. The maximum absolute atomic E-state index is 12.6. The van der Waals surface area contributed by atoms with Gasteiger partial charge in [0.25, 0.3) is 0 Å². The number of carboxylic acid groups (broad SMARTS) is 1. The Labute approximate surface area is 200 Å². The van der Waals surface area contributed by atoms with Crippen molar-refractivity contribution in [2.24, 2.45) is 5.41 Å². The van der Waals surface area contributed by atoms with Crippen LogP contribution >= 0.6 is 0 Å². The Balaban J connectivity index is 1.58. The average Bonchev–Trinajstić information content (AvgIpc) is 3.04. The summed E-state index contributed by atoms with van der Waals surface area (Å²) < 4.78 is 5.59. The number of carboxylic acids is 1. The molecule has 0 radical (unpaired) electrons. The molecule has 0 aromatic heterocycles. The van der Waals surface area contributed by atoms with Crippen LogP contribution in [0.25, 0.3) is 11.1 Å². The van der Waals surface area contributed by atoms with Crippen LogP contribution in [0.5, 0.6) is 0 Å². The predicted molar refractivity (Wildman–Crippen MR) is 131 cm³/mol. The van der Waals surface area contributed by atoms with E-state index in [0.29, 0.717) is 0 Å². The van der Waals surface area contributed by atoms with Gasteiger partial charge >= 0.3 is 12.1 Å². The van der Waals surface area contributed by atoms with E-state index in [9.17, 15) is 14.4 Å². The SMILES string of the molecule is CC(C)(CC(=O)NC(CC(=O)O)C(C)(C)C)NC(=O)OCC1c2ccccc2-c2ccccc21. The first kappa shape index (κ1) is 25.3. The quantitative estimate of drug-likeness (QED) is 0.523. The minimum atomic E-state index is -0.976. The second-order valence-electron chi connectivity index (χ2n) is 10.6. The molecule has 0 bridgehead atoms. The molecule has 2 aromatic rings. The molecule has 0 saturated heterocycles. The smallest absolute Gasteiger partial charge is 0.407 e. The van der Waals surface area contributed by atoms with Gasteiger partial charge in [0.1, 0.15) is 6.61 Å². The summed E-state index contributed by atoms with van der Waals surface area (Å²) in [5, 5.41) is 14.7. The van der Waals surface area contributed by atoms with Gasteiger partial charge in [-0.3, -0.25) is 9.59 Å². The van der Waals surface area contributed by atoms with Crippen LogP contribution in [-0.2, 0) is 14.3 Å². The second kappa shape index (κ2) is 9.87. The van der Waals surface area contributed by atoms with E-state index in [-0.39, 0.29) is 31.3 Å². The van der Waals surface area contributed by atoms with Gasteiger partial charge in [0, 0.05) is 23.9 Å². The fourth-order valence-electron chi connectivity index (χ4n) is 4.35. The highest BCUT2D eigenvalue weighted by Gasteiger charge is 2.32. The largest absolute Gasteiger partial charge is 0.481 e. The molecule has 2 amide bonds. The molecule has 34 heavy (non-hydrogen) atoms. The van der Waals surface area contributed by atoms with Crippen molar-refractivity contribution in [1.29, 1.82) is 0 Å². The molecule has 0 heterocycles. The molecule has 0 aliphatic heterocycles. The first-order valence-corrected chi connectivity index (χ1v) is 11.5. The zero-order chi connectivity index (χ0) is 25.1. The van der Waals surface area contributed by atoms with E-state index < -0.39 is 29.1 Å². The van der Waals surface area contributed by atoms with Crippen molar-refractivity contribution < 1.29 is 24.2 Å². The van der Waals surface area contributed by atoms with Crippen LogP contribution in [0, 0.1) is 5.41 Å². The summed E-state index contributed by atoms with van der Waals surface area (Å²) in [6, 6.07) is 15.7. The maximum Gasteiger partial charge on any atom is 0.407 e. The standard InChI is InChI=1S/C27H34N2O5/c1-26(2,3)22(14-24(31)32)28-23(30)15-27(4,5)29-25(33)34-16-21-19-12-8-6-10-17(19)18-11-7-9-13-20(18)21/h6-13,21-22H,14-16H2,1-5H3,(H,28,30)(H,29,33)(H,31,32). The van der Waals surface area contributed by atoms with Crippen LogP contribution in [0.15, 0.2) is 48.5 Å². The highest BCUT2D eigenvalue weighted by Crippen LogP contribution is 2.44. The number of amides is 2. The van der Waals surface area contributed by atoms with Gasteiger partial charge in [0.2, 0.25) is 5.91 Å². The van der Waals surface area contributed by atoms with Gasteiger partial charge in [0.15, 0.2) is 0 Å². The molecular formula is C27H34N2O5. The number of alkyl carbamates (subject to hydrolysis) is 1. The normalized spacial score (nSPS) is 14.0. The topological polar surface area (TPSA) is 105 Å². The lowest BCUT2D eigenvalue weighted by molar-refractivity contribution is -0.138. The third-order valence-corrected chi connectivity index (χ3v) is 6.15. The lowest BCUT2D eigenvalue weighted by atomic mass is 9.84. The minimum Gasteiger partial charge on any atom is -0.481 e. The number of benzene rings is 2. The van der Waals surface area contributed by atoms with Crippen molar-refractivity contribution >= 4 is 18.0 Å². The molecule has 2 aromatic carbocycles. The zero-order valence-corrected chi connectivity index (χ0v) is 20.5. The van der Waals surface area contributed by atoms with E-state index in [1.165, 1.54) is 0 Å². The van der Waals surface area contributed by atoms with Crippen LogP contribution in [0.4, 0.5) is 4.79 Å². The van der Waals surface area contributed by atoms with Crippen LogP contribution in [0.2, 0.25) is 0 Å². The molecule has 1 aliphatic carbocycles. The van der Waals surface area contributed by atoms with Crippen molar-refractivity contribution in [3.63, 3.8) is 0 Å². The molecule has 7 nitrogen and oxygen atoms in total. The Morgan fingerprint density at radius 2 is 1.47 bits per heavy atom. The Kier molecular flexibility index (Phi) is 7.34. The summed E-state index contributed by atoms with van der Waals surface area (Å²) in [4.78, 5) is 36.4. The minimum absolute atomic E-state index is 0.0105. The van der Waals surface area contributed by atoms with Crippen molar-refractivity contribution in [2.75, 3.05) is 6.61 Å². The lowest BCUT2D eigenvalue weighted by Crippen LogP contribution is -2.51. The third-order valence-electron chi connectivity index (χ3n) is 6.15. The zero-order valence-electron chi connectivity index (χ0n) is 20.5. The molecule has 7 heteroatoms. The van der Waals surface area contributed by atoms with E-state index in [1.807, 2.05) is 45.0 Å². The molecule has 3 N–H and O–H groups in total. The number of nitrogens with one attached hydrogen (secondary N) is 2. The number of hydrogen-bond donors (Lipinski definition) is 3. The Hall–Kier alpha value is -3.35. The molecule has 0 fully saturated rings. The molecular weight excluding hydrogens is 432 g/mol. The van der Waals surface area contributed by atoms with Crippen LogP contribution in [-0.4, -0.2) is 41.3 Å².